The molecule has 2 atom stereocenters. The van der Waals surface area contributed by atoms with Crippen molar-refractivity contribution in [3.05, 3.63) is 48.6 Å². The first-order valence-electron chi connectivity index (χ1n) is 24.1. The Labute approximate surface area is 362 Å². The summed E-state index contributed by atoms with van der Waals surface area (Å²) in [6, 6.07) is 0. The van der Waals surface area contributed by atoms with Crippen molar-refractivity contribution < 1.29 is 37.9 Å². The number of allylic oxidation sites excluding steroid dienone is 8. The third-order valence-electron chi connectivity index (χ3n) is 10.3. The summed E-state index contributed by atoms with van der Waals surface area (Å²) in [5.74, 6) is -0.542. The summed E-state index contributed by atoms with van der Waals surface area (Å²) in [6.45, 7) is 3.51. The van der Waals surface area contributed by atoms with E-state index in [1.165, 1.54) is 128 Å². The molecular formula is C49H90NO8P. The third-order valence-corrected chi connectivity index (χ3v) is 11.2. The maximum absolute atomic E-state index is 12.1. The topological polar surface area (TPSA) is 131 Å². The van der Waals surface area contributed by atoms with Gasteiger partial charge in [-0.05, 0) is 57.8 Å². The number of nitrogens with one attached hydrogen (secondary N) is 1. The molecular weight excluding hydrogens is 762 g/mol. The van der Waals surface area contributed by atoms with Crippen molar-refractivity contribution in [2.75, 3.05) is 26.4 Å². The standard InChI is InChI=1S/C49H90NO8P/c1-3-5-7-9-11-13-15-17-19-21-23-25-27-29-31-33-35-37-39-41-48(52)50-43-44-57-59(54,55)58-46-47(51)45-56-49(53)42-40-38-36-34-32-30-28-26-24-22-20-18-16-14-12-10-8-6-4-2/h11,13,17,19,23,25,29,31,47,51H,3-10,12,14-16,18,20-22,24,26-28,30,32-46H2,1-2H3,(H,50,52)(H,54,55)/b13-11-,19-17-,25-23-,31-29-. The maximum Gasteiger partial charge on any atom is 0.472 e. The van der Waals surface area contributed by atoms with E-state index in [2.05, 4.69) is 67.8 Å². The van der Waals surface area contributed by atoms with Gasteiger partial charge in [0.1, 0.15) is 12.7 Å². The highest BCUT2D eigenvalue weighted by atomic mass is 31.2. The molecule has 10 heteroatoms. The fourth-order valence-corrected chi connectivity index (χ4v) is 7.36. The molecule has 0 bridgehead atoms. The first kappa shape index (κ1) is 57.0. The molecule has 0 radical (unpaired) electrons. The highest BCUT2D eigenvalue weighted by Crippen LogP contribution is 2.42. The van der Waals surface area contributed by atoms with Crippen LogP contribution in [0, 0.1) is 0 Å². The summed E-state index contributed by atoms with van der Waals surface area (Å²) in [4.78, 5) is 34.0. The van der Waals surface area contributed by atoms with Gasteiger partial charge in [0.2, 0.25) is 5.91 Å². The van der Waals surface area contributed by atoms with Crippen molar-refractivity contribution >= 4 is 19.7 Å². The monoisotopic (exact) mass is 852 g/mol. The number of ether oxygens (including phenoxy) is 1. The van der Waals surface area contributed by atoms with Crippen molar-refractivity contribution in [2.45, 2.75) is 225 Å². The lowest BCUT2D eigenvalue weighted by Gasteiger charge is -2.15. The van der Waals surface area contributed by atoms with Crippen molar-refractivity contribution in [3.63, 3.8) is 0 Å². The molecule has 0 saturated heterocycles. The third kappa shape index (κ3) is 46.9. The SMILES string of the molecule is CCCCC/C=C\C/C=C\C/C=C\C/C=C\CCCCCC(=O)NCCOP(=O)(O)OCC(O)COC(=O)CCCCCCCCCCCCCCCCCCCCC. The van der Waals surface area contributed by atoms with E-state index in [0.29, 0.717) is 6.42 Å². The average molecular weight is 852 g/mol. The summed E-state index contributed by atoms with van der Waals surface area (Å²) in [5, 5.41) is 12.7. The minimum Gasteiger partial charge on any atom is -0.463 e. The molecule has 2 unspecified atom stereocenters. The van der Waals surface area contributed by atoms with Crippen molar-refractivity contribution in [1.29, 1.82) is 0 Å². The number of rotatable bonds is 45. The quantitative estimate of drug-likeness (QED) is 0.0239. The Bertz CT molecular complexity index is 1110. The molecule has 0 aliphatic carbocycles. The molecule has 344 valence electrons. The summed E-state index contributed by atoms with van der Waals surface area (Å²) in [5.41, 5.74) is 0. The molecule has 0 spiro atoms. The van der Waals surface area contributed by atoms with Crippen LogP contribution in [0.1, 0.15) is 219 Å². The predicted octanol–water partition coefficient (Wildman–Crippen LogP) is 13.9. The summed E-state index contributed by atoms with van der Waals surface area (Å²) >= 11 is 0. The molecule has 0 aliphatic heterocycles. The van der Waals surface area contributed by atoms with Crippen LogP contribution in [-0.2, 0) is 27.9 Å². The second-order valence-corrected chi connectivity index (χ2v) is 17.5. The number of aliphatic hydroxyl groups is 1. The van der Waals surface area contributed by atoms with Gasteiger partial charge in [-0.2, -0.15) is 0 Å². The van der Waals surface area contributed by atoms with Gasteiger partial charge >= 0.3 is 13.8 Å². The molecule has 1 amide bonds. The Morgan fingerprint density at radius 1 is 0.525 bits per heavy atom. The zero-order valence-corrected chi connectivity index (χ0v) is 38.8. The van der Waals surface area contributed by atoms with Gasteiger partial charge in [-0.25, -0.2) is 4.57 Å². The molecule has 0 rings (SSSR count). The van der Waals surface area contributed by atoms with Crippen LogP contribution in [0.15, 0.2) is 48.6 Å². The molecule has 0 aromatic carbocycles. The largest absolute Gasteiger partial charge is 0.472 e. The van der Waals surface area contributed by atoms with Crippen LogP contribution in [0.3, 0.4) is 0 Å². The van der Waals surface area contributed by atoms with E-state index in [4.69, 9.17) is 13.8 Å². The average Bonchev–Trinajstić information content (AvgIpc) is 3.22. The van der Waals surface area contributed by atoms with Gasteiger partial charge in [0.25, 0.3) is 0 Å². The molecule has 0 fully saturated rings. The fourth-order valence-electron chi connectivity index (χ4n) is 6.60. The molecule has 59 heavy (non-hydrogen) atoms. The van der Waals surface area contributed by atoms with Crippen LogP contribution in [0.5, 0.6) is 0 Å². The second-order valence-electron chi connectivity index (χ2n) is 16.1. The lowest BCUT2D eigenvalue weighted by molar-refractivity contribution is -0.147. The minimum atomic E-state index is -4.43. The van der Waals surface area contributed by atoms with Gasteiger partial charge in [0.05, 0.1) is 13.2 Å². The lowest BCUT2D eigenvalue weighted by Crippen LogP contribution is -2.27. The number of amides is 1. The van der Waals surface area contributed by atoms with Gasteiger partial charge < -0.3 is 20.1 Å². The van der Waals surface area contributed by atoms with Crippen LogP contribution in [0.25, 0.3) is 0 Å². The van der Waals surface area contributed by atoms with E-state index < -0.39 is 26.5 Å². The minimum absolute atomic E-state index is 0.0641. The molecule has 0 aromatic rings. The van der Waals surface area contributed by atoms with E-state index in [1.807, 2.05) is 0 Å². The lowest BCUT2D eigenvalue weighted by atomic mass is 10.0. The first-order chi connectivity index (χ1) is 28.8. The van der Waals surface area contributed by atoms with E-state index in [1.54, 1.807) is 0 Å². The Kier molecular flexibility index (Phi) is 43.9. The Hall–Kier alpha value is -2.03. The number of unbranched alkanes of at least 4 members (excludes halogenated alkanes) is 24. The molecule has 0 saturated carbocycles. The molecule has 9 nitrogen and oxygen atoms in total. The number of hydrogen-bond acceptors (Lipinski definition) is 7. The normalized spacial score (nSPS) is 13.6. The number of aliphatic hydroxyl groups excluding tert-OH is 1. The number of carbonyl (C=O) groups excluding carboxylic acids is 2. The predicted molar refractivity (Wildman–Crippen MR) is 247 cm³/mol. The summed E-state index contributed by atoms with van der Waals surface area (Å²) < 4.78 is 26.9. The van der Waals surface area contributed by atoms with Crippen LogP contribution < -0.4 is 5.32 Å². The number of carbonyl (C=O) groups is 2. The Balaban J connectivity index is 3.61. The maximum atomic E-state index is 12.1. The van der Waals surface area contributed by atoms with Crippen molar-refractivity contribution in [1.82, 2.24) is 5.32 Å². The van der Waals surface area contributed by atoms with Gasteiger partial charge in [0.15, 0.2) is 0 Å². The second kappa shape index (κ2) is 45.5. The highest BCUT2D eigenvalue weighted by Gasteiger charge is 2.23. The fraction of sp³-hybridized carbons (Fsp3) is 0.796. The molecule has 0 aliphatic rings. The van der Waals surface area contributed by atoms with E-state index in [-0.39, 0.29) is 32.1 Å². The van der Waals surface area contributed by atoms with Gasteiger partial charge in [0, 0.05) is 19.4 Å². The van der Waals surface area contributed by atoms with Crippen molar-refractivity contribution in [3.8, 4) is 0 Å². The van der Waals surface area contributed by atoms with Crippen molar-refractivity contribution in [2.24, 2.45) is 0 Å². The van der Waals surface area contributed by atoms with Gasteiger partial charge in [-0.15, -0.1) is 0 Å². The van der Waals surface area contributed by atoms with E-state index in [9.17, 15) is 24.2 Å². The number of esters is 1. The smallest absolute Gasteiger partial charge is 0.463 e. The number of phosphoric acid groups is 1. The summed E-state index contributed by atoms with van der Waals surface area (Å²) in [6.07, 6.45) is 53.3. The molecule has 0 heterocycles. The number of hydrogen-bond donors (Lipinski definition) is 3. The van der Waals surface area contributed by atoms with Crippen LogP contribution in [0.2, 0.25) is 0 Å². The zero-order chi connectivity index (χ0) is 43.2. The van der Waals surface area contributed by atoms with Crippen LogP contribution in [0.4, 0.5) is 0 Å². The summed E-state index contributed by atoms with van der Waals surface area (Å²) in [7, 11) is -4.43. The van der Waals surface area contributed by atoms with Gasteiger partial charge in [-0.3, -0.25) is 18.6 Å². The molecule has 0 aromatic heterocycles. The molecule has 3 N–H and O–H groups in total. The number of phosphoric ester groups is 1. The van der Waals surface area contributed by atoms with Crippen LogP contribution in [-0.4, -0.2) is 54.3 Å². The Morgan fingerprint density at radius 2 is 0.915 bits per heavy atom. The Morgan fingerprint density at radius 3 is 1.41 bits per heavy atom. The highest BCUT2D eigenvalue weighted by molar-refractivity contribution is 7.47. The van der Waals surface area contributed by atoms with Crippen LogP contribution >= 0.6 is 7.82 Å². The van der Waals surface area contributed by atoms with Gasteiger partial charge in [-0.1, -0.05) is 197 Å². The zero-order valence-electron chi connectivity index (χ0n) is 37.9. The first-order valence-corrected chi connectivity index (χ1v) is 25.6. The van der Waals surface area contributed by atoms with E-state index >= 15 is 0 Å². The van der Waals surface area contributed by atoms with E-state index in [0.717, 1.165) is 64.2 Å².